The summed E-state index contributed by atoms with van der Waals surface area (Å²) in [5.74, 6) is 3.75. The Labute approximate surface area is 171 Å². The van der Waals surface area contributed by atoms with Crippen LogP contribution in [0.15, 0.2) is 29.2 Å². The van der Waals surface area contributed by atoms with Gasteiger partial charge in [-0.3, -0.25) is 4.79 Å². The molecule has 30 heavy (non-hydrogen) atoms. The maximum Gasteiger partial charge on any atom is 0.511 e. The van der Waals surface area contributed by atoms with E-state index in [1.807, 2.05) is 0 Å². The lowest BCUT2D eigenvalue weighted by Crippen LogP contribution is -2.55. The van der Waals surface area contributed by atoms with Gasteiger partial charge in [0.05, 0.1) is 10.1 Å². The number of aliphatic carboxylic acids is 1. The maximum atomic E-state index is 12.8. The molecule has 0 amide bonds. The molecule has 1 aliphatic heterocycles. The number of sulfonamides is 1. The van der Waals surface area contributed by atoms with E-state index < -0.39 is 62.0 Å². The molecular weight excluding hydrogens is 451 g/mol. The Morgan fingerprint density at radius 1 is 1.23 bits per heavy atom. The Morgan fingerprint density at radius 3 is 2.33 bits per heavy atom. The predicted molar refractivity (Wildman–Crippen MR) is 98.7 cm³/mol. The summed E-state index contributed by atoms with van der Waals surface area (Å²) in [6.45, 7) is 0.823. The van der Waals surface area contributed by atoms with Crippen LogP contribution >= 0.6 is 0 Å². The molecule has 1 saturated heterocycles. The Balaban J connectivity index is 2.26. The monoisotopic (exact) mass is 469 g/mol. The van der Waals surface area contributed by atoms with Gasteiger partial charge in [-0.2, -0.15) is 17.5 Å². The van der Waals surface area contributed by atoms with Gasteiger partial charge in [-0.15, -0.1) is 5.92 Å². The number of carboxylic acid groups (broad SMARTS) is 1. The normalized spacial score (nSPS) is 20.8. The number of hydrogen-bond donors (Lipinski definition) is 1. The average molecular weight is 469 g/mol. The van der Waals surface area contributed by atoms with Crippen LogP contribution < -0.4 is 4.74 Å². The van der Waals surface area contributed by atoms with E-state index in [1.165, 1.54) is 24.3 Å². The maximum absolute atomic E-state index is 12.8. The molecule has 166 valence electrons. The van der Waals surface area contributed by atoms with Gasteiger partial charge in [0.25, 0.3) is 0 Å². The topological polar surface area (TPSA) is 118 Å². The zero-order valence-corrected chi connectivity index (χ0v) is 17.2. The van der Waals surface area contributed by atoms with Gasteiger partial charge in [0.15, 0.2) is 9.84 Å². The van der Waals surface area contributed by atoms with Gasteiger partial charge in [-0.05, 0) is 44.0 Å². The van der Waals surface area contributed by atoms with Gasteiger partial charge in [0.1, 0.15) is 18.4 Å². The number of rotatable bonds is 6. The number of hydrogen-bond acceptors (Lipinski definition) is 6. The lowest BCUT2D eigenvalue weighted by Gasteiger charge is -2.36. The van der Waals surface area contributed by atoms with Gasteiger partial charge in [-0.25, -0.2) is 16.8 Å². The highest BCUT2D eigenvalue weighted by Crippen LogP contribution is 2.35. The summed E-state index contributed by atoms with van der Waals surface area (Å²) in [5.41, 5.74) is -5.69. The molecule has 1 aromatic rings. The number of halogens is 3. The smallest absolute Gasteiger partial charge is 0.481 e. The van der Waals surface area contributed by atoms with Gasteiger partial charge >= 0.3 is 21.5 Å². The van der Waals surface area contributed by atoms with Crippen molar-refractivity contribution >= 4 is 25.8 Å². The summed E-state index contributed by atoms with van der Waals surface area (Å²) < 4.78 is 92.6. The third kappa shape index (κ3) is 4.88. The number of nitrogens with zero attached hydrogens (tertiary/aromatic N) is 1. The van der Waals surface area contributed by atoms with E-state index in [0.29, 0.717) is 5.75 Å². The highest BCUT2D eigenvalue weighted by atomic mass is 32.2. The number of carboxylic acids is 1. The fraction of sp³-hybridized carbons (Fsp3) is 0.471. The molecule has 13 heteroatoms. The minimum atomic E-state index is -5.91. The van der Waals surface area contributed by atoms with Crippen molar-refractivity contribution in [3.63, 3.8) is 0 Å². The first-order valence-corrected chi connectivity index (χ1v) is 11.5. The summed E-state index contributed by atoms with van der Waals surface area (Å²) in [6.07, 6.45) is -1.29. The van der Waals surface area contributed by atoms with Crippen molar-refractivity contribution in [3.05, 3.63) is 24.3 Å². The second kappa shape index (κ2) is 8.83. The molecule has 0 aromatic heterocycles. The van der Waals surface area contributed by atoms with Crippen molar-refractivity contribution in [2.45, 2.75) is 41.5 Å². The standard InChI is InChI=1S/C17H18F3NO7S2/c1-2-3-10-28-12-4-6-13(7-5-12)29(24,25)14-8-9-21(15(11-14)16(22)23)30(26,27)17(18,19)20/h4-7,14-15H,8-11H2,1H3,(H,22,23). The van der Waals surface area contributed by atoms with Gasteiger partial charge in [-0.1, -0.05) is 5.92 Å². The van der Waals surface area contributed by atoms with E-state index in [4.69, 9.17) is 4.74 Å². The van der Waals surface area contributed by atoms with Crippen molar-refractivity contribution < 1.29 is 44.6 Å². The number of carbonyl (C=O) groups is 1. The first-order valence-electron chi connectivity index (χ1n) is 8.49. The fourth-order valence-corrected chi connectivity index (χ4v) is 5.82. The molecule has 0 radical (unpaired) electrons. The van der Waals surface area contributed by atoms with Crippen LogP contribution in [0.25, 0.3) is 0 Å². The van der Waals surface area contributed by atoms with E-state index in [1.54, 1.807) is 6.92 Å². The van der Waals surface area contributed by atoms with Crippen molar-refractivity contribution in [2.24, 2.45) is 0 Å². The lowest BCUT2D eigenvalue weighted by molar-refractivity contribution is -0.142. The van der Waals surface area contributed by atoms with Gasteiger partial charge in [0.2, 0.25) is 0 Å². The van der Waals surface area contributed by atoms with Crippen LogP contribution in [0.2, 0.25) is 0 Å². The highest BCUT2D eigenvalue weighted by molar-refractivity contribution is 7.92. The second-order valence-electron chi connectivity index (χ2n) is 6.29. The van der Waals surface area contributed by atoms with E-state index in [2.05, 4.69) is 11.8 Å². The Hall–Kier alpha value is -2.30. The lowest BCUT2D eigenvalue weighted by atomic mass is 10.0. The summed E-state index contributed by atoms with van der Waals surface area (Å²) in [6, 6.07) is 3.02. The van der Waals surface area contributed by atoms with E-state index in [0.717, 1.165) is 0 Å². The molecule has 1 heterocycles. The van der Waals surface area contributed by atoms with E-state index >= 15 is 0 Å². The van der Waals surface area contributed by atoms with Crippen molar-refractivity contribution in [1.82, 2.24) is 4.31 Å². The first-order chi connectivity index (χ1) is 13.8. The van der Waals surface area contributed by atoms with Crippen molar-refractivity contribution in [3.8, 4) is 17.6 Å². The first kappa shape index (κ1) is 24.0. The van der Waals surface area contributed by atoms with Crippen LogP contribution in [0, 0.1) is 11.8 Å². The number of ether oxygens (including phenoxy) is 1. The van der Waals surface area contributed by atoms with Crippen molar-refractivity contribution in [1.29, 1.82) is 0 Å². The van der Waals surface area contributed by atoms with E-state index in [-0.39, 0.29) is 15.8 Å². The number of piperidine rings is 1. The quantitative estimate of drug-likeness (QED) is 0.629. The van der Waals surface area contributed by atoms with Crippen LogP contribution in [0.3, 0.4) is 0 Å². The predicted octanol–water partition coefficient (Wildman–Crippen LogP) is 1.63. The van der Waals surface area contributed by atoms with Crippen LogP contribution in [0.1, 0.15) is 19.8 Å². The Bertz CT molecular complexity index is 1060. The molecule has 0 spiro atoms. The zero-order chi connectivity index (χ0) is 22.7. The third-order valence-electron chi connectivity index (χ3n) is 4.47. The molecule has 1 aliphatic rings. The van der Waals surface area contributed by atoms with Crippen molar-refractivity contribution in [2.75, 3.05) is 13.2 Å². The molecule has 2 unspecified atom stereocenters. The molecule has 0 saturated carbocycles. The van der Waals surface area contributed by atoms with Crippen LogP contribution in [-0.4, -0.2) is 62.2 Å². The molecule has 1 aromatic carbocycles. The molecule has 8 nitrogen and oxygen atoms in total. The molecule has 2 atom stereocenters. The summed E-state index contributed by atoms with van der Waals surface area (Å²) in [4.78, 5) is 11.2. The molecule has 2 rings (SSSR count). The Kier molecular flexibility index (Phi) is 7.05. The highest BCUT2D eigenvalue weighted by Gasteiger charge is 2.55. The van der Waals surface area contributed by atoms with Gasteiger partial charge in [0, 0.05) is 6.54 Å². The molecule has 1 fully saturated rings. The van der Waals surface area contributed by atoms with Gasteiger partial charge < -0.3 is 9.84 Å². The number of benzene rings is 1. The Morgan fingerprint density at radius 2 is 1.83 bits per heavy atom. The summed E-state index contributed by atoms with van der Waals surface area (Å²) in [7, 11) is -10.0. The average Bonchev–Trinajstić information content (AvgIpc) is 2.67. The van der Waals surface area contributed by atoms with Crippen LogP contribution in [0.4, 0.5) is 13.2 Å². The molecular formula is C17H18F3NO7S2. The second-order valence-corrected chi connectivity index (χ2v) is 10.4. The molecule has 1 N–H and O–H groups in total. The fourth-order valence-electron chi connectivity index (χ4n) is 2.95. The minimum absolute atomic E-state index is 0.0923. The summed E-state index contributed by atoms with van der Waals surface area (Å²) in [5, 5.41) is 7.87. The summed E-state index contributed by atoms with van der Waals surface area (Å²) >= 11 is 0. The number of alkyl halides is 3. The minimum Gasteiger partial charge on any atom is -0.481 e. The van der Waals surface area contributed by atoms with Crippen LogP contribution in [0.5, 0.6) is 5.75 Å². The molecule has 0 bridgehead atoms. The third-order valence-corrected chi connectivity index (χ3v) is 8.34. The zero-order valence-electron chi connectivity index (χ0n) is 15.6. The number of sulfone groups is 1. The molecule has 0 aliphatic carbocycles. The van der Waals surface area contributed by atoms with E-state index in [9.17, 15) is 39.9 Å². The largest absolute Gasteiger partial charge is 0.511 e. The van der Waals surface area contributed by atoms with Crippen LogP contribution in [-0.2, 0) is 24.7 Å². The SMILES string of the molecule is CC#CCOc1ccc(S(=O)(=O)C2CCN(S(=O)(=O)C(F)(F)F)C(C(=O)O)C2)cc1.